The zero-order valence-corrected chi connectivity index (χ0v) is 16.3. The Labute approximate surface area is 159 Å². The highest BCUT2D eigenvalue weighted by Crippen LogP contribution is 2.30. The molecule has 1 unspecified atom stereocenters. The molecule has 1 N–H and O–H groups in total. The first-order valence-electron chi connectivity index (χ1n) is 8.33. The molecule has 0 bridgehead atoms. The third-order valence-corrected chi connectivity index (χ3v) is 5.27. The second-order valence-electron chi connectivity index (χ2n) is 6.61. The van der Waals surface area contributed by atoms with Gasteiger partial charge in [-0.1, -0.05) is 24.3 Å². The van der Waals surface area contributed by atoms with Gasteiger partial charge in [0.1, 0.15) is 0 Å². The van der Waals surface area contributed by atoms with E-state index in [4.69, 9.17) is 8.74 Å². The number of aromatic nitrogens is 2. The molecule has 0 spiro atoms. The van der Waals surface area contributed by atoms with Crippen molar-refractivity contribution in [2.45, 2.75) is 31.7 Å². The van der Waals surface area contributed by atoms with E-state index in [2.05, 4.69) is 5.10 Å². The SMILES string of the molecule is CS(=O)(=O)OCc1cc(-c2ccc(CS(=O)O)cc2)nn(CC2CC2)c1=O. The molecule has 1 aliphatic rings. The highest BCUT2D eigenvalue weighted by atomic mass is 32.2. The van der Waals surface area contributed by atoms with Crippen molar-refractivity contribution < 1.29 is 21.4 Å². The predicted octanol–water partition coefficient (Wildman–Crippen LogP) is 1.52. The monoisotopic (exact) mass is 412 g/mol. The lowest BCUT2D eigenvalue weighted by Gasteiger charge is -2.11. The molecule has 1 heterocycles. The van der Waals surface area contributed by atoms with E-state index >= 15 is 0 Å². The summed E-state index contributed by atoms with van der Waals surface area (Å²) in [5, 5.41) is 4.41. The Morgan fingerprint density at radius 2 is 1.96 bits per heavy atom. The summed E-state index contributed by atoms with van der Waals surface area (Å²) in [6.07, 6.45) is 3.02. The van der Waals surface area contributed by atoms with Crippen molar-refractivity contribution in [2.75, 3.05) is 6.26 Å². The molecular formula is C17H20N2O6S2. The van der Waals surface area contributed by atoms with E-state index in [-0.39, 0.29) is 23.5 Å². The largest absolute Gasteiger partial charge is 0.306 e. The van der Waals surface area contributed by atoms with Gasteiger partial charge in [0.2, 0.25) is 0 Å². The van der Waals surface area contributed by atoms with Crippen molar-refractivity contribution >= 4 is 21.2 Å². The Kier molecular flexibility index (Phi) is 5.89. The summed E-state index contributed by atoms with van der Waals surface area (Å²) in [6.45, 7) is 0.138. The van der Waals surface area contributed by atoms with Gasteiger partial charge < -0.3 is 4.55 Å². The van der Waals surface area contributed by atoms with Crippen molar-refractivity contribution in [3.8, 4) is 11.3 Å². The molecule has 3 rings (SSSR count). The summed E-state index contributed by atoms with van der Waals surface area (Å²) in [5.74, 6) is 0.443. The topological polar surface area (TPSA) is 116 Å². The lowest BCUT2D eigenvalue weighted by Crippen LogP contribution is -2.28. The molecule has 1 aromatic heterocycles. The number of nitrogens with zero attached hydrogens (tertiary/aromatic N) is 2. The summed E-state index contributed by atoms with van der Waals surface area (Å²) in [7, 11) is -3.68. The van der Waals surface area contributed by atoms with Crippen LogP contribution in [0.1, 0.15) is 24.0 Å². The van der Waals surface area contributed by atoms with Gasteiger partial charge >= 0.3 is 0 Å². The number of hydrogen-bond donors (Lipinski definition) is 1. The fourth-order valence-electron chi connectivity index (χ4n) is 2.59. The maximum Gasteiger partial charge on any atom is 0.272 e. The van der Waals surface area contributed by atoms with E-state index in [1.807, 2.05) is 0 Å². The Morgan fingerprint density at radius 3 is 2.52 bits per heavy atom. The van der Waals surface area contributed by atoms with Crippen LogP contribution < -0.4 is 5.56 Å². The number of hydrogen-bond acceptors (Lipinski definition) is 6. The van der Waals surface area contributed by atoms with Crippen LogP contribution in [0.25, 0.3) is 11.3 Å². The van der Waals surface area contributed by atoms with E-state index in [1.165, 1.54) is 10.7 Å². The standard InChI is InChI=1S/C17H20N2O6S2/c1-27(23,24)25-10-15-8-16(18-19(17(15)20)9-12-2-3-12)14-6-4-13(5-7-14)11-26(21)22/h4-8,12H,2-3,9-11H2,1H3,(H,21,22). The van der Waals surface area contributed by atoms with Gasteiger partial charge in [0.05, 0.1) is 24.3 Å². The van der Waals surface area contributed by atoms with Crippen LogP contribution in [-0.2, 0) is 44.3 Å². The highest BCUT2D eigenvalue weighted by Gasteiger charge is 2.24. The fourth-order valence-corrected chi connectivity index (χ4v) is 3.41. The number of benzene rings is 1. The van der Waals surface area contributed by atoms with Crippen LogP contribution >= 0.6 is 0 Å². The molecule has 1 atom stereocenters. The molecular weight excluding hydrogens is 392 g/mol. The molecule has 2 aromatic rings. The first kappa shape index (κ1) is 19.9. The van der Waals surface area contributed by atoms with Gasteiger partial charge in [0.25, 0.3) is 15.7 Å². The molecule has 1 aliphatic carbocycles. The van der Waals surface area contributed by atoms with Crippen LogP contribution in [0, 0.1) is 5.92 Å². The normalized spacial score (nSPS) is 15.6. The molecule has 0 amide bonds. The Morgan fingerprint density at radius 1 is 1.30 bits per heavy atom. The van der Waals surface area contributed by atoms with Gasteiger partial charge in [-0.15, -0.1) is 0 Å². The third kappa shape index (κ3) is 5.80. The highest BCUT2D eigenvalue weighted by molar-refractivity contribution is 7.85. The molecule has 27 heavy (non-hydrogen) atoms. The summed E-state index contributed by atoms with van der Waals surface area (Å²) in [6, 6.07) is 8.45. The lowest BCUT2D eigenvalue weighted by molar-refractivity contribution is 0.308. The molecule has 8 nitrogen and oxygen atoms in total. The maximum absolute atomic E-state index is 12.6. The quantitative estimate of drug-likeness (QED) is 0.516. The molecule has 1 saturated carbocycles. The smallest absolute Gasteiger partial charge is 0.272 e. The van der Waals surface area contributed by atoms with Crippen molar-refractivity contribution in [1.82, 2.24) is 9.78 Å². The zero-order valence-electron chi connectivity index (χ0n) is 14.7. The van der Waals surface area contributed by atoms with Crippen LogP contribution in [0.4, 0.5) is 0 Å². The van der Waals surface area contributed by atoms with Crippen LogP contribution in [-0.4, -0.2) is 33.2 Å². The molecule has 0 saturated heterocycles. The van der Waals surface area contributed by atoms with Crippen molar-refractivity contribution in [2.24, 2.45) is 5.92 Å². The maximum atomic E-state index is 12.6. The molecule has 10 heteroatoms. The molecule has 0 radical (unpaired) electrons. The van der Waals surface area contributed by atoms with Gasteiger partial charge in [0, 0.05) is 17.7 Å². The second-order valence-corrected chi connectivity index (χ2v) is 9.19. The second kappa shape index (κ2) is 8.01. The first-order chi connectivity index (χ1) is 12.7. The van der Waals surface area contributed by atoms with Gasteiger partial charge in [-0.25, -0.2) is 8.89 Å². The van der Waals surface area contributed by atoms with Gasteiger partial charge in [-0.3, -0.25) is 8.98 Å². The van der Waals surface area contributed by atoms with E-state index in [9.17, 15) is 17.4 Å². The van der Waals surface area contributed by atoms with E-state index in [0.29, 0.717) is 29.3 Å². The van der Waals surface area contributed by atoms with Gasteiger partial charge in [-0.05, 0) is 30.4 Å². The van der Waals surface area contributed by atoms with Crippen molar-refractivity contribution in [3.05, 3.63) is 51.8 Å². The van der Waals surface area contributed by atoms with E-state index < -0.39 is 21.2 Å². The molecule has 1 aromatic carbocycles. The lowest BCUT2D eigenvalue weighted by atomic mass is 10.1. The van der Waals surface area contributed by atoms with Crippen molar-refractivity contribution in [3.63, 3.8) is 0 Å². The average molecular weight is 412 g/mol. The fraction of sp³-hybridized carbons (Fsp3) is 0.412. The van der Waals surface area contributed by atoms with E-state index in [0.717, 1.165) is 19.1 Å². The minimum atomic E-state index is -3.68. The minimum absolute atomic E-state index is 0.0301. The van der Waals surface area contributed by atoms with Gasteiger partial charge in [-0.2, -0.15) is 13.5 Å². The molecule has 0 aliphatic heterocycles. The molecule has 146 valence electrons. The summed E-state index contributed by atoms with van der Waals surface area (Å²) < 4.78 is 48.6. The van der Waals surface area contributed by atoms with Crippen LogP contribution in [0.3, 0.4) is 0 Å². The Hall–Kier alpha value is -1.88. The first-order valence-corrected chi connectivity index (χ1v) is 11.4. The third-order valence-electron chi connectivity index (χ3n) is 4.14. The zero-order chi connectivity index (χ0) is 19.6. The van der Waals surface area contributed by atoms with Crippen LogP contribution in [0.2, 0.25) is 0 Å². The summed E-state index contributed by atoms with van der Waals surface area (Å²) in [5.41, 5.74) is 1.78. The van der Waals surface area contributed by atoms with Crippen molar-refractivity contribution in [1.29, 1.82) is 0 Å². The van der Waals surface area contributed by atoms with Gasteiger partial charge in [0.15, 0.2) is 11.1 Å². The minimum Gasteiger partial charge on any atom is -0.306 e. The number of rotatable bonds is 8. The Balaban J connectivity index is 1.95. The van der Waals surface area contributed by atoms with Crippen LogP contribution in [0.15, 0.2) is 35.1 Å². The molecule has 1 fully saturated rings. The summed E-state index contributed by atoms with van der Waals surface area (Å²) >= 11 is -1.92. The van der Waals surface area contributed by atoms with Crippen LogP contribution in [0.5, 0.6) is 0 Å². The average Bonchev–Trinajstić information content (AvgIpc) is 3.39. The predicted molar refractivity (Wildman–Crippen MR) is 101 cm³/mol. The Bertz CT molecular complexity index is 1010. The van der Waals surface area contributed by atoms with E-state index in [1.54, 1.807) is 24.3 Å². The summed E-state index contributed by atoms with van der Waals surface area (Å²) in [4.78, 5) is 12.6.